The monoisotopic (exact) mass is 388 g/mol. The zero-order chi connectivity index (χ0) is 20.1. The molecule has 1 N–H and O–H groups in total. The lowest BCUT2D eigenvalue weighted by Gasteiger charge is -2.10. The molecule has 4 aromatic rings. The molecule has 0 bridgehead atoms. The number of carboxylic acid groups (broad SMARTS) is 1. The summed E-state index contributed by atoms with van der Waals surface area (Å²) in [6.07, 6.45) is 0. The van der Waals surface area contributed by atoms with Crippen molar-refractivity contribution in [1.82, 2.24) is 9.55 Å². The van der Waals surface area contributed by atoms with E-state index in [0.29, 0.717) is 5.75 Å². The molecular weight excluding hydrogens is 368 g/mol. The topological polar surface area (TPSA) is 73.6 Å². The number of nitrogens with zero attached hydrogens (tertiary/aromatic N) is 2. The fourth-order valence-electron chi connectivity index (χ4n) is 3.14. The minimum absolute atomic E-state index is 0.206. The maximum absolute atomic E-state index is 10.5. The molecule has 1 heterocycles. The van der Waals surface area contributed by atoms with Crippen LogP contribution in [0.5, 0.6) is 5.75 Å². The van der Waals surface area contributed by atoms with Crippen LogP contribution in [0.1, 0.15) is 0 Å². The molecule has 3 aromatic carbocycles. The van der Waals surface area contributed by atoms with Crippen molar-refractivity contribution in [2.45, 2.75) is 0 Å². The van der Waals surface area contributed by atoms with Crippen molar-refractivity contribution in [3.63, 3.8) is 0 Å². The van der Waals surface area contributed by atoms with Gasteiger partial charge in [-0.05, 0) is 24.3 Å². The number of ether oxygens (including phenoxy) is 2. The van der Waals surface area contributed by atoms with E-state index in [1.165, 1.54) is 0 Å². The number of para-hydroxylation sites is 1. The third kappa shape index (κ3) is 4.28. The molecule has 6 nitrogen and oxygen atoms in total. The minimum atomic E-state index is -0.994. The second kappa shape index (κ2) is 8.58. The molecule has 0 radical (unpaired) electrons. The molecule has 146 valence electrons. The SMILES string of the molecule is O=C(O)COCCOc1ccc2nc(-c3ccccc3)n(-c3ccccc3)c2c1. The molecular formula is C23H20N2O4. The lowest BCUT2D eigenvalue weighted by molar-refractivity contribution is -0.142. The van der Waals surface area contributed by atoms with E-state index in [1.807, 2.05) is 78.9 Å². The molecule has 1 aromatic heterocycles. The van der Waals surface area contributed by atoms with Gasteiger partial charge in [0, 0.05) is 17.3 Å². The van der Waals surface area contributed by atoms with Crippen LogP contribution in [-0.2, 0) is 9.53 Å². The van der Waals surface area contributed by atoms with Gasteiger partial charge in [0.05, 0.1) is 17.6 Å². The van der Waals surface area contributed by atoms with E-state index in [0.717, 1.165) is 28.1 Å². The highest BCUT2D eigenvalue weighted by atomic mass is 16.5. The molecule has 0 fully saturated rings. The van der Waals surface area contributed by atoms with Crippen LogP contribution in [0, 0.1) is 0 Å². The van der Waals surface area contributed by atoms with Crippen LogP contribution in [-0.4, -0.2) is 40.4 Å². The standard InChI is InChI=1S/C23H20N2O4/c26-22(27)16-28-13-14-29-19-11-12-20-21(15-19)25(18-9-5-2-6-10-18)23(24-20)17-7-3-1-4-8-17/h1-12,15H,13-14,16H2,(H,26,27). The van der Waals surface area contributed by atoms with Crippen LogP contribution in [0.15, 0.2) is 78.9 Å². The number of carboxylic acids is 1. The van der Waals surface area contributed by atoms with Gasteiger partial charge in [-0.25, -0.2) is 9.78 Å². The van der Waals surface area contributed by atoms with E-state index in [4.69, 9.17) is 19.6 Å². The number of rotatable bonds is 8. The van der Waals surface area contributed by atoms with E-state index < -0.39 is 5.97 Å². The van der Waals surface area contributed by atoms with Gasteiger partial charge in [0.2, 0.25) is 0 Å². The van der Waals surface area contributed by atoms with E-state index in [9.17, 15) is 4.79 Å². The van der Waals surface area contributed by atoms with Gasteiger partial charge in [0.15, 0.2) is 0 Å². The first-order valence-corrected chi connectivity index (χ1v) is 9.28. The molecule has 4 rings (SSSR count). The smallest absolute Gasteiger partial charge is 0.329 e. The fraction of sp³-hybridized carbons (Fsp3) is 0.130. The van der Waals surface area contributed by atoms with Crippen LogP contribution < -0.4 is 4.74 Å². The highest BCUT2D eigenvalue weighted by molar-refractivity contribution is 5.84. The second-order valence-electron chi connectivity index (χ2n) is 6.42. The molecule has 0 unspecified atom stereocenters. The predicted octanol–water partition coefficient (Wildman–Crippen LogP) is 4.17. The molecule has 0 saturated heterocycles. The van der Waals surface area contributed by atoms with Gasteiger partial charge in [0.25, 0.3) is 0 Å². The molecule has 29 heavy (non-hydrogen) atoms. The molecule has 0 spiro atoms. The number of aromatic nitrogens is 2. The van der Waals surface area contributed by atoms with E-state index in [-0.39, 0.29) is 19.8 Å². The Morgan fingerprint density at radius 2 is 1.66 bits per heavy atom. The number of carbonyl (C=O) groups is 1. The summed E-state index contributed by atoms with van der Waals surface area (Å²) < 4.78 is 12.9. The van der Waals surface area contributed by atoms with Gasteiger partial charge >= 0.3 is 5.97 Å². The average Bonchev–Trinajstić information content (AvgIpc) is 3.13. The van der Waals surface area contributed by atoms with Crippen molar-refractivity contribution in [3.8, 4) is 22.8 Å². The minimum Gasteiger partial charge on any atom is -0.491 e. The van der Waals surface area contributed by atoms with Crippen LogP contribution in [0.25, 0.3) is 28.1 Å². The lowest BCUT2D eigenvalue weighted by atomic mass is 10.2. The summed E-state index contributed by atoms with van der Waals surface area (Å²) in [5.41, 5.74) is 3.83. The van der Waals surface area contributed by atoms with Crippen molar-refractivity contribution < 1.29 is 19.4 Å². The zero-order valence-electron chi connectivity index (χ0n) is 15.7. The summed E-state index contributed by atoms with van der Waals surface area (Å²) >= 11 is 0. The van der Waals surface area contributed by atoms with E-state index >= 15 is 0 Å². The summed E-state index contributed by atoms with van der Waals surface area (Å²) in [5, 5.41) is 8.61. The molecule has 0 saturated carbocycles. The highest BCUT2D eigenvalue weighted by Gasteiger charge is 2.15. The number of hydrogen-bond acceptors (Lipinski definition) is 4. The summed E-state index contributed by atoms with van der Waals surface area (Å²) in [5.74, 6) is 0.536. The maximum atomic E-state index is 10.5. The Labute approximate surface area is 168 Å². The summed E-state index contributed by atoms with van der Waals surface area (Å²) in [6.45, 7) is 0.144. The first kappa shape index (κ1) is 18.7. The molecule has 0 aliphatic heterocycles. The number of aliphatic carboxylic acids is 1. The number of fused-ring (bicyclic) bond motifs is 1. The zero-order valence-corrected chi connectivity index (χ0v) is 15.7. The largest absolute Gasteiger partial charge is 0.491 e. The Morgan fingerprint density at radius 1 is 0.931 bits per heavy atom. The van der Waals surface area contributed by atoms with Crippen LogP contribution in [0.4, 0.5) is 0 Å². The van der Waals surface area contributed by atoms with Gasteiger partial charge in [0.1, 0.15) is 24.8 Å². The van der Waals surface area contributed by atoms with Crippen molar-refractivity contribution >= 4 is 17.0 Å². The Hall–Kier alpha value is -3.64. The Kier molecular flexibility index (Phi) is 5.54. The quantitative estimate of drug-likeness (QED) is 0.459. The van der Waals surface area contributed by atoms with Gasteiger partial charge in [-0.3, -0.25) is 4.57 Å². The maximum Gasteiger partial charge on any atom is 0.329 e. The van der Waals surface area contributed by atoms with Crippen molar-refractivity contribution in [2.24, 2.45) is 0 Å². The van der Waals surface area contributed by atoms with Crippen LogP contribution >= 0.6 is 0 Å². The number of hydrogen-bond donors (Lipinski definition) is 1. The molecule has 0 atom stereocenters. The number of imidazole rings is 1. The van der Waals surface area contributed by atoms with Gasteiger partial charge < -0.3 is 14.6 Å². The molecule has 0 aliphatic rings. The molecule has 0 aliphatic carbocycles. The normalized spacial score (nSPS) is 10.9. The van der Waals surface area contributed by atoms with Gasteiger partial charge in [-0.1, -0.05) is 48.5 Å². The highest BCUT2D eigenvalue weighted by Crippen LogP contribution is 2.30. The first-order chi connectivity index (χ1) is 14.2. The first-order valence-electron chi connectivity index (χ1n) is 9.28. The van der Waals surface area contributed by atoms with Crippen molar-refractivity contribution in [2.75, 3.05) is 19.8 Å². The lowest BCUT2D eigenvalue weighted by Crippen LogP contribution is -2.12. The van der Waals surface area contributed by atoms with E-state index in [2.05, 4.69) is 4.57 Å². The fourth-order valence-corrected chi connectivity index (χ4v) is 3.14. The van der Waals surface area contributed by atoms with Crippen LogP contribution in [0.2, 0.25) is 0 Å². The summed E-state index contributed by atoms with van der Waals surface area (Å²) in [6, 6.07) is 25.8. The third-order valence-corrected chi connectivity index (χ3v) is 4.39. The Bertz CT molecular complexity index is 1110. The van der Waals surface area contributed by atoms with Crippen molar-refractivity contribution in [1.29, 1.82) is 0 Å². The summed E-state index contributed by atoms with van der Waals surface area (Å²) in [7, 11) is 0. The van der Waals surface area contributed by atoms with Crippen LogP contribution in [0.3, 0.4) is 0 Å². The third-order valence-electron chi connectivity index (χ3n) is 4.39. The van der Waals surface area contributed by atoms with Gasteiger partial charge in [-0.2, -0.15) is 0 Å². The molecule has 0 amide bonds. The second-order valence-corrected chi connectivity index (χ2v) is 6.42. The average molecular weight is 388 g/mol. The molecule has 6 heteroatoms. The van der Waals surface area contributed by atoms with E-state index in [1.54, 1.807) is 0 Å². The van der Waals surface area contributed by atoms with Gasteiger partial charge in [-0.15, -0.1) is 0 Å². The predicted molar refractivity (Wildman–Crippen MR) is 110 cm³/mol. The summed E-state index contributed by atoms with van der Waals surface area (Å²) in [4.78, 5) is 15.3. The van der Waals surface area contributed by atoms with Crippen molar-refractivity contribution in [3.05, 3.63) is 78.9 Å². The Morgan fingerprint density at radius 3 is 2.38 bits per heavy atom. The Balaban J connectivity index is 1.69. The number of benzene rings is 3.